The normalized spacial score (nSPS) is 16.8. The molecule has 0 aromatic heterocycles. The lowest BCUT2D eigenvalue weighted by atomic mass is 9.88. The summed E-state index contributed by atoms with van der Waals surface area (Å²) in [5.41, 5.74) is 5.58. The fourth-order valence-electron chi connectivity index (χ4n) is 1.45. The number of hydrogen-bond donors (Lipinski definition) is 1. The molecule has 10 heavy (non-hydrogen) atoms. The predicted octanol–water partition coefficient (Wildman–Crippen LogP) is 2.41. The summed E-state index contributed by atoms with van der Waals surface area (Å²) in [6.07, 6.45) is 3.92. The standard InChI is InChI=1S/C9H21N/c1-4-6-9(5-2)8(3)7-10/h8-9H,4-7,10H2,1-3H3/t8-,9+/m1/s1. The molecule has 0 amide bonds. The van der Waals surface area contributed by atoms with Gasteiger partial charge in [-0.3, -0.25) is 0 Å². The molecule has 2 N–H and O–H groups in total. The van der Waals surface area contributed by atoms with Gasteiger partial charge in [0.25, 0.3) is 0 Å². The fraction of sp³-hybridized carbons (Fsp3) is 1.00. The van der Waals surface area contributed by atoms with Gasteiger partial charge >= 0.3 is 0 Å². The summed E-state index contributed by atoms with van der Waals surface area (Å²) >= 11 is 0. The van der Waals surface area contributed by atoms with Gasteiger partial charge in [0.05, 0.1) is 0 Å². The van der Waals surface area contributed by atoms with E-state index in [1.54, 1.807) is 0 Å². The first-order chi connectivity index (χ1) is 4.76. The van der Waals surface area contributed by atoms with Crippen molar-refractivity contribution < 1.29 is 0 Å². The maximum atomic E-state index is 5.58. The molecule has 0 heterocycles. The van der Waals surface area contributed by atoms with E-state index < -0.39 is 0 Å². The Labute approximate surface area is 65.0 Å². The van der Waals surface area contributed by atoms with Gasteiger partial charge in [0.2, 0.25) is 0 Å². The van der Waals surface area contributed by atoms with Crippen molar-refractivity contribution in [1.29, 1.82) is 0 Å². The van der Waals surface area contributed by atoms with Crippen LogP contribution < -0.4 is 5.73 Å². The first kappa shape index (κ1) is 9.96. The molecule has 2 atom stereocenters. The molecule has 0 fully saturated rings. The van der Waals surface area contributed by atoms with E-state index in [2.05, 4.69) is 20.8 Å². The van der Waals surface area contributed by atoms with Crippen LogP contribution in [0.25, 0.3) is 0 Å². The van der Waals surface area contributed by atoms with Crippen molar-refractivity contribution in [3.8, 4) is 0 Å². The van der Waals surface area contributed by atoms with Crippen molar-refractivity contribution >= 4 is 0 Å². The molecular formula is C9H21N. The third kappa shape index (κ3) is 3.21. The highest BCUT2D eigenvalue weighted by Crippen LogP contribution is 2.19. The van der Waals surface area contributed by atoms with Gasteiger partial charge in [-0.25, -0.2) is 0 Å². The van der Waals surface area contributed by atoms with E-state index in [4.69, 9.17) is 5.73 Å². The first-order valence-electron chi connectivity index (χ1n) is 4.46. The molecule has 0 spiro atoms. The average molecular weight is 143 g/mol. The molecular weight excluding hydrogens is 122 g/mol. The Hall–Kier alpha value is -0.0400. The molecule has 0 saturated carbocycles. The lowest BCUT2D eigenvalue weighted by Gasteiger charge is -2.19. The molecule has 0 unspecified atom stereocenters. The van der Waals surface area contributed by atoms with Gasteiger partial charge in [-0.2, -0.15) is 0 Å². The molecule has 0 aliphatic carbocycles. The molecule has 0 aromatic carbocycles. The van der Waals surface area contributed by atoms with Crippen LogP contribution in [0.4, 0.5) is 0 Å². The topological polar surface area (TPSA) is 26.0 Å². The Balaban J connectivity index is 3.56. The Morgan fingerprint density at radius 1 is 1.30 bits per heavy atom. The molecule has 1 heteroatoms. The summed E-state index contributed by atoms with van der Waals surface area (Å²) < 4.78 is 0. The number of hydrogen-bond acceptors (Lipinski definition) is 1. The van der Waals surface area contributed by atoms with Gasteiger partial charge in [0.1, 0.15) is 0 Å². The zero-order valence-corrected chi connectivity index (χ0v) is 7.56. The predicted molar refractivity (Wildman–Crippen MR) is 46.9 cm³/mol. The van der Waals surface area contributed by atoms with Crippen LogP contribution in [0.15, 0.2) is 0 Å². The quantitative estimate of drug-likeness (QED) is 0.628. The highest BCUT2D eigenvalue weighted by atomic mass is 14.5. The van der Waals surface area contributed by atoms with Crippen LogP contribution in [0.2, 0.25) is 0 Å². The molecule has 0 aliphatic heterocycles. The van der Waals surface area contributed by atoms with Gasteiger partial charge in [0.15, 0.2) is 0 Å². The monoisotopic (exact) mass is 143 g/mol. The first-order valence-corrected chi connectivity index (χ1v) is 4.46. The van der Waals surface area contributed by atoms with E-state index in [0.717, 1.165) is 12.5 Å². The zero-order valence-electron chi connectivity index (χ0n) is 7.56. The van der Waals surface area contributed by atoms with E-state index in [9.17, 15) is 0 Å². The lowest BCUT2D eigenvalue weighted by molar-refractivity contribution is 0.330. The van der Waals surface area contributed by atoms with Crippen LogP contribution in [0.1, 0.15) is 40.0 Å². The second-order valence-electron chi connectivity index (χ2n) is 3.17. The van der Waals surface area contributed by atoms with Crippen LogP contribution in [0, 0.1) is 11.8 Å². The van der Waals surface area contributed by atoms with Crippen molar-refractivity contribution in [1.82, 2.24) is 0 Å². The highest BCUT2D eigenvalue weighted by molar-refractivity contribution is 4.64. The van der Waals surface area contributed by atoms with Gasteiger partial charge < -0.3 is 5.73 Å². The average Bonchev–Trinajstić information content (AvgIpc) is 1.99. The molecule has 0 aliphatic rings. The molecule has 0 rings (SSSR count). The minimum atomic E-state index is 0.713. The van der Waals surface area contributed by atoms with Crippen molar-refractivity contribution in [2.75, 3.05) is 6.54 Å². The Morgan fingerprint density at radius 3 is 2.20 bits per heavy atom. The van der Waals surface area contributed by atoms with E-state index in [0.29, 0.717) is 5.92 Å². The minimum absolute atomic E-state index is 0.713. The number of rotatable bonds is 5. The van der Waals surface area contributed by atoms with Crippen LogP contribution in [-0.4, -0.2) is 6.54 Å². The highest BCUT2D eigenvalue weighted by Gasteiger charge is 2.11. The van der Waals surface area contributed by atoms with Crippen molar-refractivity contribution in [2.45, 2.75) is 40.0 Å². The molecule has 0 saturated heterocycles. The minimum Gasteiger partial charge on any atom is -0.330 e. The zero-order chi connectivity index (χ0) is 7.98. The van der Waals surface area contributed by atoms with Crippen LogP contribution in [-0.2, 0) is 0 Å². The maximum Gasteiger partial charge on any atom is -0.00489 e. The van der Waals surface area contributed by atoms with Crippen molar-refractivity contribution in [3.63, 3.8) is 0 Å². The molecule has 0 bridgehead atoms. The summed E-state index contributed by atoms with van der Waals surface area (Å²) in [5.74, 6) is 1.57. The summed E-state index contributed by atoms with van der Waals surface area (Å²) in [6.45, 7) is 7.60. The van der Waals surface area contributed by atoms with Crippen LogP contribution in [0.5, 0.6) is 0 Å². The summed E-state index contributed by atoms with van der Waals surface area (Å²) in [6, 6.07) is 0. The SMILES string of the molecule is CCC[C@H](CC)[C@H](C)CN. The second-order valence-corrected chi connectivity index (χ2v) is 3.17. The second kappa shape index (κ2) is 5.72. The van der Waals surface area contributed by atoms with Crippen molar-refractivity contribution in [2.24, 2.45) is 17.6 Å². The van der Waals surface area contributed by atoms with Crippen LogP contribution in [0.3, 0.4) is 0 Å². The Kier molecular flexibility index (Phi) is 5.70. The van der Waals surface area contributed by atoms with Crippen LogP contribution >= 0.6 is 0 Å². The molecule has 1 nitrogen and oxygen atoms in total. The summed E-state index contributed by atoms with van der Waals surface area (Å²) in [7, 11) is 0. The third-order valence-electron chi connectivity index (χ3n) is 2.36. The molecule has 62 valence electrons. The third-order valence-corrected chi connectivity index (χ3v) is 2.36. The number of nitrogens with two attached hydrogens (primary N) is 1. The fourth-order valence-corrected chi connectivity index (χ4v) is 1.45. The molecule has 0 radical (unpaired) electrons. The Bertz CT molecular complexity index is 71.1. The molecule has 0 aromatic rings. The smallest absolute Gasteiger partial charge is 0.00489 e. The summed E-state index contributed by atoms with van der Waals surface area (Å²) in [4.78, 5) is 0. The van der Waals surface area contributed by atoms with E-state index in [-0.39, 0.29) is 0 Å². The van der Waals surface area contributed by atoms with Gasteiger partial charge in [-0.1, -0.05) is 40.0 Å². The van der Waals surface area contributed by atoms with E-state index >= 15 is 0 Å². The van der Waals surface area contributed by atoms with E-state index in [1.165, 1.54) is 19.3 Å². The Morgan fingerprint density at radius 2 is 1.90 bits per heavy atom. The van der Waals surface area contributed by atoms with Gasteiger partial charge in [-0.05, 0) is 18.4 Å². The summed E-state index contributed by atoms with van der Waals surface area (Å²) in [5, 5.41) is 0. The van der Waals surface area contributed by atoms with Gasteiger partial charge in [0, 0.05) is 0 Å². The van der Waals surface area contributed by atoms with Gasteiger partial charge in [-0.15, -0.1) is 0 Å². The van der Waals surface area contributed by atoms with Crippen molar-refractivity contribution in [3.05, 3.63) is 0 Å². The van der Waals surface area contributed by atoms with E-state index in [1.807, 2.05) is 0 Å². The maximum absolute atomic E-state index is 5.58. The largest absolute Gasteiger partial charge is 0.330 e. The lowest BCUT2D eigenvalue weighted by Crippen LogP contribution is -2.19.